The van der Waals surface area contributed by atoms with Crippen LogP contribution in [0.5, 0.6) is 0 Å². The topological polar surface area (TPSA) is 12.5 Å². The van der Waals surface area contributed by atoms with Gasteiger partial charge in [-0.2, -0.15) is 0 Å². The molecule has 1 rings (SSSR count). The van der Waals surface area contributed by atoms with Crippen LogP contribution in [0.4, 0.5) is 0 Å². The van der Waals surface area contributed by atoms with E-state index in [4.69, 9.17) is 4.74 Å². The van der Waals surface area contributed by atoms with Gasteiger partial charge in [0.1, 0.15) is 0 Å². The summed E-state index contributed by atoms with van der Waals surface area (Å²) in [6, 6.07) is 0.714. The van der Waals surface area contributed by atoms with E-state index >= 15 is 0 Å². The van der Waals surface area contributed by atoms with Crippen LogP contribution in [0.2, 0.25) is 0 Å². The third-order valence-corrected chi connectivity index (χ3v) is 2.46. The first-order chi connectivity index (χ1) is 5.24. The van der Waals surface area contributed by atoms with Crippen molar-refractivity contribution >= 4 is 0 Å². The van der Waals surface area contributed by atoms with Crippen molar-refractivity contribution in [1.29, 1.82) is 0 Å². The van der Waals surface area contributed by atoms with Gasteiger partial charge in [0.05, 0.1) is 0 Å². The van der Waals surface area contributed by atoms with E-state index in [9.17, 15) is 0 Å². The molecule has 0 aliphatic carbocycles. The quantitative estimate of drug-likeness (QED) is 0.611. The first kappa shape index (κ1) is 9.01. The minimum atomic E-state index is 0.714. The smallest absolute Gasteiger partial charge is 0.0477 e. The standard InChI is InChI=1S/C9H19NO/c1-8-6-10(7-8)9(2)4-5-11-3/h8-9H,4-7H2,1-3H3. The van der Waals surface area contributed by atoms with Gasteiger partial charge in [-0.15, -0.1) is 0 Å². The molecule has 1 aliphatic heterocycles. The van der Waals surface area contributed by atoms with Crippen LogP contribution >= 0.6 is 0 Å². The molecule has 1 saturated heterocycles. The Labute approximate surface area is 69.5 Å². The summed E-state index contributed by atoms with van der Waals surface area (Å²) in [6.07, 6.45) is 1.17. The fraction of sp³-hybridized carbons (Fsp3) is 1.00. The zero-order valence-electron chi connectivity index (χ0n) is 7.84. The SMILES string of the molecule is COCCC(C)N1CC(C)C1. The first-order valence-electron chi connectivity index (χ1n) is 4.47. The van der Waals surface area contributed by atoms with Crippen LogP contribution in [-0.2, 0) is 4.74 Å². The van der Waals surface area contributed by atoms with Gasteiger partial charge in [-0.1, -0.05) is 6.92 Å². The minimum absolute atomic E-state index is 0.714. The Bertz CT molecular complexity index is 110. The average molecular weight is 157 g/mol. The number of methoxy groups -OCH3 is 1. The molecule has 1 atom stereocenters. The van der Waals surface area contributed by atoms with Crippen LogP contribution in [0.25, 0.3) is 0 Å². The normalized spacial score (nSPS) is 23.2. The molecule has 11 heavy (non-hydrogen) atoms. The van der Waals surface area contributed by atoms with Crippen molar-refractivity contribution < 1.29 is 4.74 Å². The number of likely N-dealkylation sites (tertiary alicyclic amines) is 1. The molecule has 0 aromatic carbocycles. The lowest BCUT2D eigenvalue weighted by Crippen LogP contribution is -2.50. The van der Waals surface area contributed by atoms with Crippen LogP contribution in [0.1, 0.15) is 20.3 Å². The molecule has 0 spiro atoms. The second-order valence-corrected chi connectivity index (χ2v) is 3.69. The van der Waals surface area contributed by atoms with Crippen molar-refractivity contribution in [2.45, 2.75) is 26.3 Å². The van der Waals surface area contributed by atoms with Crippen molar-refractivity contribution in [3.8, 4) is 0 Å². The molecule has 0 saturated carbocycles. The lowest BCUT2D eigenvalue weighted by molar-refractivity contribution is 0.0519. The van der Waals surface area contributed by atoms with Crippen LogP contribution in [0, 0.1) is 5.92 Å². The summed E-state index contributed by atoms with van der Waals surface area (Å²) >= 11 is 0. The van der Waals surface area contributed by atoms with Crippen LogP contribution in [0.15, 0.2) is 0 Å². The molecule has 2 nitrogen and oxygen atoms in total. The van der Waals surface area contributed by atoms with Crippen molar-refractivity contribution in [3.05, 3.63) is 0 Å². The van der Waals surface area contributed by atoms with Crippen molar-refractivity contribution in [1.82, 2.24) is 4.90 Å². The van der Waals surface area contributed by atoms with Crippen molar-refractivity contribution in [2.24, 2.45) is 5.92 Å². The van der Waals surface area contributed by atoms with E-state index in [0.717, 1.165) is 12.5 Å². The number of hydrogen-bond acceptors (Lipinski definition) is 2. The van der Waals surface area contributed by atoms with Gasteiger partial charge in [-0.3, -0.25) is 4.90 Å². The van der Waals surface area contributed by atoms with E-state index in [1.807, 2.05) is 0 Å². The molecule has 1 fully saturated rings. The molecular formula is C9H19NO. The number of ether oxygens (including phenoxy) is 1. The Hall–Kier alpha value is -0.0800. The Balaban J connectivity index is 2.06. The summed E-state index contributed by atoms with van der Waals surface area (Å²) in [5.41, 5.74) is 0. The Morgan fingerprint density at radius 3 is 2.64 bits per heavy atom. The van der Waals surface area contributed by atoms with E-state index in [2.05, 4.69) is 18.7 Å². The Morgan fingerprint density at radius 2 is 2.18 bits per heavy atom. The van der Waals surface area contributed by atoms with Crippen molar-refractivity contribution in [2.75, 3.05) is 26.8 Å². The molecule has 1 heterocycles. The highest BCUT2D eigenvalue weighted by molar-refractivity contribution is 4.80. The van der Waals surface area contributed by atoms with Gasteiger partial charge in [0.2, 0.25) is 0 Å². The molecule has 1 unspecified atom stereocenters. The highest BCUT2D eigenvalue weighted by atomic mass is 16.5. The summed E-state index contributed by atoms with van der Waals surface area (Å²) in [7, 11) is 1.77. The summed E-state index contributed by atoms with van der Waals surface area (Å²) in [6.45, 7) is 8.05. The molecule has 2 heteroatoms. The van der Waals surface area contributed by atoms with Gasteiger partial charge >= 0.3 is 0 Å². The Kier molecular flexibility index (Phi) is 3.34. The predicted octanol–water partition coefficient (Wildman–Crippen LogP) is 1.36. The molecule has 0 aromatic heterocycles. The molecule has 0 bridgehead atoms. The predicted molar refractivity (Wildman–Crippen MR) is 46.7 cm³/mol. The third-order valence-electron chi connectivity index (χ3n) is 2.46. The molecular weight excluding hydrogens is 138 g/mol. The van der Waals surface area contributed by atoms with E-state index in [1.165, 1.54) is 19.5 Å². The number of nitrogens with zero attached hydrogens (tertiary/aromatic N) is 1. The fourth-order valence-corrected chi connectivity index (χ4v) is 1.58. The lowest BCUT2D eigenvalue weighted by atomic mass is 9.99. The number of rotatable bonds is 4. The van der Waals surface area contributed by atoms with Crippen molar-refractivity contribution in [3.63, 3.8) is 0 Å². The maximum absolute atomic E-state index is 5.03. The zero-order chi connectivity index (χ0) is 8.27. The second kappa shape index (κ2) is 4.07. The summed E-state index contributed by atoms with van der Waals surface area (Å²) < 4.78 is 5.03. The van der Waals surface area contributed by atoms with Crippen LogP contribution in [-0.4, -0.2) is 37.7 Å². The van der Waals surface area contributed by atoms with Gasteiger partial charge in [0.25, 0.3) is 0 Å². The molecule has 0 radical (unpaired) electrons. The second-order valence-electron chi connectivity index (χ2n) is 3.69. The Morgan fingerprint density at radius 1 is 1.55 bits per heavy atom. The minimum Gasteiger partial charge on any atom is -0.385 e. The highest BCUT2D eigenvalue weighted by Gasteiger charge is 2.25. The molecule has 1 aliphatic rings. The van der Waals surface area contributed by atoms with Gasteiger partial charge in [0, 0.05) is 32.8 Å². The highest BCUT2D eigenvalue weighted by Crippen LogP contribution is 2.18. The van der Waals surface area contributed by atoms with E-state index < -0.39 is 0 Å². The fourth-order valence-electron chi connectivity index (χ4n) is 1.58. The molecule has 66 valence electrons. The van der Waals surface area contributed by atoms with Gasteiger partial charge in [-0.05, 0) is 19.3 Å². The average Bonchev–Trinajstić information content (AvgIpc) is 1.94. The third kappa shape index (κ3) is 2.46. The van der Waals surface area contributed by atoms with E-state index in [1.54, 1.807) is 7.11 Å². The van der Waals surface area contributed by atoms with Gasteiger partial charge in [-0.25, -0.2) is 0 Å². The zero-order valence-corrected chi connectivity index (χ0v) is 7.84. The van der Waals surface area contributed by atoms with Crippen LogP contribution in [0.3, 0.4) is 0 Å². The monoisotopic (exact) mass is 157 g/mol. The van der Waals surface area contributed by atoms with Gasteiger partial charge < -0.3 is 4.74 Å². The first-order valence-corrected chi connectivity index (χ1v) is 4.47. The van der Waals surface area contributed by atoms with Gasteiger partial charge in [0.15, 0.2) is 0 Å². The number of hydrogen-bond donors (Lipinski definition) is 0. The molecule has 0 N–H and O–H groups in total. The lowest BCUT2D eigenvalue weighted by Gasteiger charge is -2.41. The molecule has 0 aromatic rings. The maximum Gasteiger partial charge on any atom is 0.0477 e. The van der Waals surface area contributed by atoms with Crippen LogP contribution < -0.4 is 0 Å². The summed E-state index contributed by atoms with van der Waals surface area (Å²) in [4.78, 5) is 2.52. The summed E-state index contributed by atoms with van der Waals surface area (Å²) in [5.74, 6) is 0.917. The van der Waals surface area contributed by atoms with E-state index in [0.29, 0.717) is 6.04 Å². The van der Waals surface area contributed by atoms with E-state index in [-0.39, 0.29) is 0 Å². The maximum atomic E-state index is 5.03. The summed E-state index contributed by atoms with van der Waals surface area (Å²) in [5, 5.41) is 0. The largest absolute Gasteiger partial charge is 0.385 e. The molecule has 0 amide bonds.